The van der Waals surface area contributed by atoms with Crippen molar-refractivity contribution in [2.45, 2.75) is 6.92 Å². The molecular weight excluding hydrogens is 258 g/mol. The molecule has 3 aromatic rings. The molecule has 0 bridgehead atoms. The molecule has 0 spiro atoms. The van der Waals surface area contributed by atoms with Gasteiger partial charge in [0.15, 0.2) is 5.13 Å². The minimum absolute atomic E-state index is 0.542. The highest BCUT2D eigenvalue weighted by molar-refractivity contribution is 7.13. The number of aromatic nitrogens is 4. The Morgan fingerprint density at radius 2 is 1.79 bits per heavy atom. The fraction of sp³-hybridized carbons (Fsp3) is 0.0769. The molecule has 3 heterocycles. The van der Waals surface area contributed by atoms with Crippen molar-refractivity contribution in [3.8, 4) is 22.8 Å². The van der Waals surface area contributed by atoms with Gasteiger partial charge in [-0.05, 0) is 25.1 Å². The minimum atomic E-state index is 0.542. The molecule has 0 radical (unpaired) electrons. The van der Waals surface area contributed by atoms with E-state index >= 15 is 0 Å². The Bertz CT molecular complexity index is 722. The lowest BCUT2D eigenvalue weighted by molar-refractivity contribution is 1.09. The highest BCUT2D eigenvalue weighted by Gasteiger charge is 2.07. The minimum Gasteiger partial charge on any atom is -0.375 e. The topological polar surface area (TPSA) is 77.6 Å². The van der Waals surface area contributed by atoms with E-state index in [4.69, 9.17) is 5.73 Å². The molecule has 94 valence electrons. The molecule has 0 unspecified atom stereocenters. The van der Waals surface area contributed by atoms with Gasteiger partial charge in [0.2, 0.25) is 0 Å². The van der Waals surface area contributed by atoms with Crippen LogP contribution in [0.1, 0.15) is 5.69 Å². The summed E-state index contributed by atoms with van der Waals surface area (Å²) in [6.07, 6.45) is 1.54. The zero-order chi connectivity index (χ0) is 13.2. The summed E-state index contributed by atoms with van der Waals surface area (Å²) in [5.74, 6) is 0. The Kier molecular flexibility index (Phi) is 2.92. The number of nitrogens with two attached hydrogens (primary N) is 1. The second kappa shape index (κ2) is 4.74. The highest BCUT2D eigenvalue weighted by Crippen LogP contribution is 2.23. The maximum atomic E-state index is 5.64. The van der Waals surface area contributed by atoms with Crippen molar-refractivity contribution in [3.63, 3.8) is 0 Å². The van der Waals surface area contributed by atoms with Crippen LogP contribution in [0.15, 0.2) is 36.0 Å². The molecule has 0 amide bonds. The van der Waals surface area contributed by atoms with Crippen LogP contribution in [-0.4, -0.2) is 19.9 Å². The first-order valence-electron chi connectivity index (χ1n) is 5.70. The van der Waals surface area contributed by atoms with Crippen molar-refractivity contribution in [2.24, 2.45) is 0 Å². The molecule has 0 saturated carbocycles. The Morgan fingerprint density at radius 3 is 2.47 bits per heavy atom. The van der Waals surface area contributed by atoms with E-state index in [1.807, 2.05) is 36.6 Å². The van der Waals surface area contributed by atoms with Gasteiger partial charge in [0.25, 0.3) is 0 Å². The number of nitrogens with zero attached hydrogens (tertiary/aromatic N) is 4. The number of hydrogen-bond acceptors (Lipinski definition) is 6. The molecule has 0 saturated heterocycles. The van der Waals surface area contributed by atoms with E-state index in [9.17, 15) is 0 Å². The largest absolute Gasteiger partial charge is 0.375 e. The lowest BCUT2D eigenvalue weighted by Crippen LogP contribution is -1.92. The van der Waals surface area contributed by atoms with Gasteiger partial charge >= 0.3 is 0 Å². The van der Waals surface area contributed by atoms with Crippen molar-refractivity contribution >= 4 is 16.5 Å². The molecule has 6 heteroatoms. The van der Waals surface area contributed by atoms with Crippen LogP contribution in [0.5, 0.6) is 0 Å². The van der Waals surface area contributed by atoms with Gasteiger partial charge in [-0.3, -0.25) is 0 Å². The van der Waals surface area contributed by atoms with Gasteiger partial charge in [-0.15, -0.1) is 11.3 Å². The summed E-state index contributed by atoms with van der Waals surface area (Å²) >= 11 is 1.40. The Morgan fingerprint density at radius 1 is 1.00 bits per heavy atom. The maximum absolute atomic E-state index is 5.64. The molecule has 0 aliphatic carbocycles. The molecule has 0 atom stereocenters. The molecule has 0 aliphatic rings. The summed E-state index contributed by atoms with van der Waals surface area (Å²) in [5.41, 5.74) is 9.74. The van der Waals surface area contributed by atoms with E-state index in [1.54, 1.807) is 6.33 Å². The number of nitrogen functional groups attached to an aromatic ring is 1. The van der Waals surface area contributed by atoms with E-state index in [0.29, 0.717) is 5.13 Å². The first-order chi connectivity index (χ1) is 9.22. The van der Waals surface area contributed by atoms with E-state index in [2.05, 4.69) is 19.9 Å². The summed E-state index contributed by atoms with van der Waals surface area (Å²) in [7, 11) is 0. The number of aryl methyl sites for hydroxylation is 1. The predicted octanol–water partition coefficient (Wildman–Crippen LogP) is 2.55. The van der Waals surface area contributed by atoms with E-state index in [0.717, 1.165) is 28.5 Å². The third-order valence-electron chi connectivity index (χ3n) is 2.60. The monoisotopic (exact) mass is 269 g/mol. The molecule has 5 nitrogen and oxygen atoms in total. The fourth-order valence-electron chi connectivity index (χ4n) is 1.72. The van der Waals surface area contributed by atoms with Crippen LogP contribution in [-0.2, 0) is 0 Å². The van der Waals surface area contributed by atoms with Gasteiger partial charge in [0, 0.05) is 11.1 Å². The summed E-state index contributed by atoms with van der Waals surface area (Å²) in [4.78, 5) is 17.1. The number of anilines is 1. The fourth-order valence-corrected chi connectivity index (χ4v) is 2.28. The van der Waals surface area contributed by atoms with Crippen LogP contribution in [0.4, 0.5) is 5.13 Å². The van der Waals surface area contributed by atoms with Gasteiger partial charge < -0.3 is 5.73 Å². The maximum Gasteiger partial charge on any atom is 0.180 e. The number of hydrogen-bond donors (Lipinski definition) is 1. The average molecular weight is 269 g/mol. The van der Waals surface area contributed by atoms with Crippen molar-refractivity contribution in [1.29, 1.82) is 0 Å². The molecule has 0 aliphatic heterocycles. The van der Waals surface area contributed by atoms with Crippen LogP contribution in [0.25, 0.3) is 22.8 Å². The van der Waals surface area contributed by atoms with Crippen LogP contribution in [0.2, 0.25) is 0 Å². The second-order valence-electron chi connectivity index (χ2n) is 4.02. The lowest BCUT2D eigenvalue weighted by Gasteiger charge is -2.02. The van der Waals surface area contributed by atoms with Gasteiger partial charge in [-0.2, -0.15) is 0 Å². The molecule has 19 heavy (non-hydrogen) atoms. The summed E-state index contributed by atoms with van der Waals surface area (Å²) in [5, 5.41) is 2.44. The smallest absolute Gasteiger partial charge is 0.180 e. The highest BCUT2D eigenvalue weighted by atomic mass is 32.1. The van der Waals surface area contributed by atoms with Crippen molar-refractivity contribution < 1.29 is 0 Å². The average Bonchev–Trinajstić information content (AvgIpc) is 2.86. The zero-order valence-electron chi connectivity index (χ0n) is 10.2. The molecule has 0 fully saturated rings. The van der Waals surface area contributed by atoms with Crippen LogP contribution >= 0.6 is 11.3 Å². The quantitative estimate of drug-likeness (QED) is 0.773. The standard InChI is InChI=1S/C13H11N5S/c1-8-5-11(16-7-15-8)9-3-2-4-10(17-9)12-6-19-13(14)18-12/h2-7H,1H3,(H2,14,18). The second-order valence-corrected chi connectivity index (χ2v) is 4.91. The van der Waals surface area contributed by atoms with Crippen LogP contribution in [0.3, 0.4) is 0 Å². The third kappa shape index (κ3) is 2.43. The number of pyridine rings is 1. The molecule has 0 aromatic carbocycles. The van der Waals surface area contributed by atoms with Gasteiger partial charge in [0.1, 0.15) is 12.0 Å². The Labute approximate surface area is 114 Å². The Hall–Kier alpha value is -2.34. The summed E-state index contributed by atoms with van der Waals surface area (Å²) in [6, 6.07) is 7.67. The molecule has 2 N–H and O–H groups in total. The van der Waals surface area contributed by atoms with Gasteiger partial charge in [0.05, 0.1) is 17.1 Å². The van der Waals surface area contributed by atoms with E-state index in [-0.39, 0.29) is 0 Å². The zero-order valence-corrected chi connectivity index (χ0v) is 11.1. The van der Waals surface area contributed by atoms with Crippen LogP contribution in [0, 0.1) is 6.92 Å². The normalized spacial score (nSPS) is 10.6. The van der Waals surface area contributed by atoms with Gasteiger partial charge in [-0.25, -0.2) is 19.9 Å². The van der Waals surface area contributed by atoms with Crippen LogP contribution < -0.4 is 5.73 Å². The molecule has 3 rings (SSSR count). The number of thiazole rings is 1. The van der Waals surface area contributed by atoms with Gasteiger partial charge in [-0.1, -0.05) is 6.07 Å². The molecule has 3 aromatic heterocycles. The molecular formula is C13H11N5S. The number of rotatable bonds is 2. The van der Waals surface area contributed by atoms with E-state index < -0.39 is 0 Å². The van der Waals surface area contributed by atoms with Crippen molar-refractivity contribution in [3.05, 3.63) is 41.7 Å². The summed E-state index contributed by atoms with van der Waals surface area (Å²) in [6.45, 7) is 1.93. The van der Waals surface area contributed by atoms with E-state index in [1.165, 1.54) is 11.3 Å². The first kappa shape index (κ1) is 11.7. The van der Waals surface area contributed by atoms with Crippen molar-refractivity contribution in [1.82, 2.24) is 19.9 Å². The predicted molar refractivity (Wildman–Crippen MR) is 75.5 cm³/mol. The first-order valence-corrected chi connectivity index (χ1v) is 6.58. The van der Waals surface area contributed by atoms with Crippen molar-refractivity contribution in [2.75, 3.05) is 5.73 Å². The Balaban J connectivity index is 2.05. The lowest BCUT2D eigenvalue weighted by atomic mass is 10.2. The third-order valence-corrected chi connectivity index (χ3v) is 3.27. The SMILES string of the molecule is Cc1cc(-c2cccc(-c3csc(N)n3)n2)ncn1. The summed E-state index contributed by atoms with van der Waals surface area (Å²) < 4.78 is 0.